The van der Waals surface area contributed by atoms with Gasteiger partial charge in [0.2, 0.25) is 0 Å². The number of allylic oxidation sites excluding steroid dienone is 4. The van der Waals surface area contributed by atoms with Crippen LogP contribution in [0.4, 0.5) is 34.1 Å². The van der Waals surface area contributed by atoms with Gasteiger partial charge in [0, 0.05) is 55.4 Å². The van der Waals surface area contributed by atoms with Crippen LogP contribution < -0.4 is 9.80 Å². The van der Waals surface area contributed by atoms with Gasteiger partial charge >= 0.3 is 0 Å². The van der Waals surface area contributed by atoms with Gasteiger partial charge in [-0.15, -0.1) is 0 Å². The van der Waals surface area contributed by atoms with Crippen LogP contribution in [0.1, 0.15) is 24.5 Å². The van der Waals surface area contributed by atoms with E-state index in [0.717, 1.165) is 157 Å². The zero-order valence-corrected chi connectivity index (χ0v) is 71.0. The van der Waals surface area contributed by atoms with E-state index in [4.69, 9.17) is 8.83 Å². The highest BCUT2D eigenvalue weighted by molar-refractivity contribution is 6.12. The maximum atomic E-state index is 6.58. The number of hydrogen-bond acceptors (Lipinski definition) is 4. The summed E-state index contributed by atoms with van der Waals surface area (Å²) in [6, 6.07) is 169. The van der Waals surface area contributed by atoms with Crippen LogP contribution in [0.25, 0.3) is 198 Å². The Hall–Kier alpha value is -16.7. The normalized spacial score (nSPS) is 12.8. The number of benzene rings is 21. The molecular weight excluding hydrogens is 1560 g/mol. The Labute approximate surface area is 749 Å². The van der Waals surface area contributed by atoms with Crippen molar-refractivity contribution in [2.24, 2.45) is 5.92 Å². The molecule has 21 aromatic carbocycles. The summed E-state index contributed by atoms with van der Waals surface area (Å²) in [5.41, 5.74) is 35.4. The number of hydrogen-bond donors (Lipinski definition) is 0. The Morgan fingerprint density at radius 3 is 1.06 bits per heavy atom. The molecule has 0 bridgehead atoms. The highest BCUT2D eigenvalue weighted by Gasteiger charge is 2.26. The molecule has 0 amide bonds. The van der Waals surface area contributed by atoms with Crippen LogP contribution in [0.5, 0.6) is 0 Å². The molecule has 2 aromatic heterocycles. The van der Waals surface area contributed by atoms with E-state index >= 15 is 0 Å². The van der Waals surface area contributed by atoms with Crippen LogP contribution in [-0.4, -0.2) is 0 Å². The minimum absolute atomic E-state index is 0.408. The summed E-state index contributed by atoms with van der Waals surface area (Å²) in [6.07, 6.45) is 5.68. The molecule has 0 spiro atoms. The van der Waals surface area contributed by atoms with E-state index in [9.17, 15) is 0 Å². The minimum Gasteiger partial charge on any atom is -0.456 e. The lowest BCUT2D eigenvalue weighted by Gasteiger charge is -2.29. The SMILES string of the molecule is CC1C=CC(c2cccc3ccccc23)=C(c2ccc(N(c3ccc(-c4ccc(-c5cccc6c(-c7ccc(-c8cccc(N(c9ccc(-c%10ccc(-c%11cccc%12ccccc%11%12)cc%10)cc9)c9ccccc9-c9ccc%10c(c9)oc9ccccc9%10)c8)c(-c8cccc9ccccc89)c7)cccc56)cc4)cc3)c3ccccc3-c3ccc4c(c3)oc3ccccc34)cc2)C1. The van der Waals surface area contributed by atoms with E-state index in [1.54, 1.807) is 0 Å². The van der Waals surface area contributed by atoms with Gasteiger partial charge in [-0.05, 0) is 270 Å². The topological polar surface area (TPSA) is 32.8 Å². The van der Waals surface area contributed by atoms with Gasteiger partial charge in [0.25, 0.3) is 0 Å². The van der Waals surface area contributed by atoms with Crippen molar-refractivity contribution in [3.8, 4) is 100 Å². The molecule has 0 fully saturated rings. The molecule has 1 unspecified atom stereocenters. The number of rotatable bonds is 17. The molecule has 24 rings (SSSR count). The van der Waals surface area contributed by atoms with E-state index in [2.05, 4.69) is 478 Å². The second-order valence-corrected chi connectivity index (χ2v) is 34.1. The smallest absolute Gasteiger partial charge is 0.136 e. The third kappa shape index (κ3) is 13.8. The van der Waals surface area contributed by atoms with Crippen molar-refractivity contribution in [3.05, 3.63) is 484 Å². The maximum Gasteiger partial charge on any atom is 0.136 e. The van der Waals surface area contributed by atoms with E-state index < -0.39 is 0 Å². The molecule has 4 heteroatoms. The van der Waals surface area contributed by atoms with Crippen molar-refractivity contribution in [3.63, 3.8) is 0 Å². The highest BCUT2D eigenvalue weighted by atomic mass is 16.3. The summed E-state index contributed by atoms with van der Waals surface area (Å²) in [6.45, 7) is 2.32. The molecule has 1 aliphatic carbocycles. The molecule has 129 heavy (non-hydrogen) atoms. The predicted molar refractivity (Wildman–Crippen MR) is 545 cm³/mol. The van der Waals surface area contributed by atoms with Gasteiger partial charge in [0.05, 0.1) is 11.4 Å². The Morgan fingerprint density at radius 2 is 0.535 bits per heavy atom. The Balaban J connectivity index is 0.570. The first-order valence-electron chi connectivity index (χ1n) is 44.6. The second kappa shape index (κ2) is 32.1. The van der Waals surface area contributed by atoms with Crippen LogP contribution in [0.3, 0.4) is 0 Å². The lowest BCUT2D eigenvalue weighted by molar-refractivity contribution is 0.668. The van der Waals surface area contributed by atoms with Crippen LogP contribution in [-0.2, 0) is 0 Å². The number of fused-ring (bicyclic) bond motifs is 10. The third-order valence-corrected chi connectivity index (χ3v) is 26.5. The fraction of sp³-hybridized carbons (Fsp3) is 0.0240. The zero-order valence-electron chi connectivity index (χ0n) is 71.0. The summed E-state index contributed by atoms with van der Waals surface area (Å²) in [5.74, 6) is 0.408. The van der Waals surface area contributed by atoms with Crippen molar-refractivity contribution in [2.75, 3.05) is 9.80 Å². The Bertz CT molecular complexity index is 8380. The molecule has 1 aliphatic rings. The molecule has 23 aromatic rings. The molecule has 4 nitrogen and oxygen atoms in total. The quantitative estimate of drug-likeness (QED) is 0.0910. The van der Waals surface area contributed by atoms with E-state index in [1.807, 2.05) is 12.1 Å². The average Bonchev–Trinajstić information content (AvgIpc) is 1.43. The number of para-hydroxylation sites is 4. The molecule has 0 radical (unpaired) electrons. The van der Waals surface area contributed by atoms with E-state index in [-0.39, 0.29) is 0 Å². The van der Waals surface area contributed by atoms with Crippen LogP contribution in [0.2, 0.25) is 0 Å². The molecular formula is C125H84N2O2. The average molecular weight is 1650 g/mol. The van der Waals surface area contributed by atoms with Crippen LogP contribution in [0, 0.1) is 5.92 Å². The monoisotopic (exact) mass is 1640 g/mol. The van der Waals surface area contributed by atoms with Crippen molar-refractivity contribution < 1.29 is 8.83 Å². The van der Waals surface area contributed by atoms with Gasteiger partial charge in [-0.1, -0.05) is 377 Å². The van der Waals surface area contributed by atoms with Gasteiger partial charge < -0.3 is 18.6 Å². The lowest BCUT2D eigenvalue weighted by atomic mass is 9.82. The third-order valence-electron chi connectivity index (χ3n) is 26.5. The fourth-order valence-corrected chi connectivity index (χ4v) is 20.2. The van der Waals surface area contributed by atoms with Crippen molar-refractivity contribution in [1.29, 1.82) is 0 Å². The predicted octanol–water partition coefficient (Wildman–Crippen LogP) is 35.5. The molecule has 0 saturated heterocycles. The standard InChI is InChI=1S/C125H84N2O2/c1-81-48-72-113(110-40-18-26-87-23-3-6-31-102(87)110)118(76-81)91-61-70-97(71-62-91)126(120-44-12-8-33-107(120)94-64-74-116-114-35-10-14-46-122(114)128-124(116)79-94)96-66-57-84(58-67-96)83-51-55-90(56-52-83)104-38-20-43-111-105(39-21-42-109(104)111)93-63-73-106(119(78-93)112-41-19-27-88-24-4-7-32-103(88)112)92-28-16-29-99(77-92)127(121-45-13-9-34-108(121)95-65-75-117-115-36-11-15-47-123(115)129-125(117)80-95)98-68-59-85(60-69-98)82-49-53-89(54-50-82)101-37-17-25-86-22-2-5-30-100(86)101/h2-75,77-81H,76H2,1H3. The first-order valence-corrected chi connectivity index (χ1v) is 44.6. The van der Waals surface area contributed by atoms with Crippen molar-refractivity contribution >= 4 is 132 Å². The molecule has 0 aliphatic heterocycles. The number of furan rings is 2. The molecule has 0 saturated carbocycles. The largest absolute Gasteiger partial charge is 0.456 e. The van der Waals surface area contributed by atoms with E-state index in [1.165, 1.54) is 93.2 Å². The maximum absolute atomic E-state index is 6.58. The summed E-state index contributed by atoms with van der Waals surface area (Å²) in [4.78, 5) is 4.85. The zero-order chi connectivity index (χ0) is 85.4. The van der Waals surface area contributed by atoms with Gasteiger partial charge in [0.15, 0.2) is 0 Å². The van der Waals surface area contributed by atoms with Gasteiger partial charge in [-0.2, -0.15) is 0 Å². The molecule has 0 N–H and O–H groups in total. The summed E-state index contributed by atoms with van der Waals surface area (Å²) in [7, 11) is 0. The van der Waals surface area contributed by atoms with Crippen molar-refractivity contribution in [2.45, 2.75) is 13.3 Å². The summed E-state index contributed by atoms with van der Waals surface area (Å²) < 4.78 is 13.1. The molecule has 606 valence electrons. The van der Waals surface area contributed by atoms with Gasteiger partial charge in [-0.3, -0.25) is 0 Å². The minimum atomic E-state index is 0.408. The molecule has 1 atom stereocenters. The Kier molecular flexibility index (Phi) is 18.9. The number of anilines is 6. The number of nitrogens with zero attached hydrogens (tertiary/aromatic N) is 2. The fourth-order valence-electron chi connectivity index (χ4n) is 20.2. The summed E-state index contributed by atoms with van der Waals surface area (Å²) >= 11 is 0. The first-order chi connectivity index (χ1) is 63.8. The highest BCUT2D eigenvalue weighted by Crippen LogP contribution is 2.50. The van der Waals surface area contributed by atoms with Gasteiger partial charge in [-0.25, -0.2) is 0 Å². The lowest BCUT2D eigenvalue weighted by Crippen LogP contribution is -2.11. The van der Waals surface area contributed by atoms with Crippen LogP contribution in [0.15, 0.2) is 482 Å². The van der Waals surface area contributed by atoms with Gasteiger partial charge in [0.1, 0.15) is 22.3 Å². The second-order valence-electron chi connectivity index (χ2n) is 34.1. The van der Waals surface area contributed by atoms with Crippen LogP contribution >= 0.6 is 0 Å². The first kappa shape index (κ1) is 76.0. The Morgan fingerprint density at radius 1 is 0.202 bits per heavy atom. The van der Waals surface area contributed by atoms with Crippen molar-refractivity contribution in [1.82, 2.24) is 0 Å². The molecule has 2 heterocycles. The van der Waals surface area contributed by atoms with E-state index in [0.29, 0.717) is 5.92 Å². The summed E-state index contributed by atoms with van der Waals surface area (Å²) in [5, 5.41) is 14.2.